The quantitative estimate of drug-likeness (QED) is 0.884. The molecule has 2 aromatic rings. The molecule has 0 bridgehead atoms. The summed E-state index contributed by atoms with van der Waals surface area (Å²) in [6.07, 6.45) is 0. The number of hydrogen-bond acceptors (Lipinski definition) is 6. The van der Waals surface area contributed by atoms with Gasteiger partial charge in [0, 0.05) is 12.6 Å². The van der Waals surface area contributed by atoms with Gasteiger partial charge in [0.25, 0.3) is 0 Å². The van der Waals surface area contributed by atoms with E-state index in [4.69, 9.17) is 16.3 Å². The maximum atomic E-state index is 13.7. The largest absolute Gasteiger partial charge is 0.467 e. The molecule has 1 aromatic carbocycles. The Morgan fingerprint density at radius 1 is 1.19 bits per heavy atom. The van der Waals surface area contributed by atoms with Gasteiger partial charge in [-0.05, 0) is 13.0 Å². The molecule has 0 fully saturated rings. The van der Waals surface area contributed by atoms with Gasteiger partial charge in [0.05, 0.1) is 17.8 Å². The number of nitrogens with zero attached hydrogens (tertiary/aromatic N) is 3. The number of nitrogens with one attached hydrogen (secondary N) is 2. The molecule has 0 spiro atoms. The van der Waals surface area contributed by atoms with E-state index in [1.54, 1.807) is 0 Å². The first-order valence-electron chi connectivity index (χ1n) is 5.99. The number of aromatic nitrogens is 3. The zero-order valence-electron chi connectivity index (χ0n) is 11.2. The van der Waals surface area contributed by atoms with E-state index in [9.17, 15) is 8.78 Å². The molecule has 0 atom stereocenters. The highest BCUT2D eigenvalue weighted by molar-refractivity contribution is 6.33. The van der Waals surface area contributed by atoms with Crippen LogP contribution in [0.15, 0.2) is 12.1 Å². The van der Waals surface area contributed by atoms with Crippen molar-refractivity contribution in [1.82, 2.24) is 15.0 Å². The van der Waals surface area contributed by atoms with Crippen molar-refractivity contribution in [2.24, 2.45) is 0 Å². The lowest BCUT2D eigenvalue weighted by Crippen LogP contribution is -2.08. The molecule has 0 unspecified atom stereocenters. The molecule has 21 heavy (non-hydrogen) atoms. The lowest BCUT2D eigenvalue weighted by molar-refractivity contribution is 0.379. The maximum absolute atomic E-state index is 13.7. The van der Waals surface area contributed by atoms with Crippen LogP contribution in [0.2, 0.25) is 5.02 Å². The summed E-state index contributed by atoms with van der Waals surface area (Å²) in [5.41, 5.74) is -0.131. The summed E-state index contributed by atoms with van der Waals surface area (Å²) in [7, 11) is 1.39. The van der Waals surface area contributed by atoms with E-state index in [1.165, 1.54) is 7.11 Å². The lowest BCUT2D eigenvalue weighted by atomic mass is 10.3. The second kappa shape index (κ2) is 6.49. The molecule has 0 aliphatic heterocycles. The minimum absolute atomic E-state index is 0.0187. The highest BCUT2D eigenvalue weighted by atomic mass is 35.5. The molecule has 2 rings (SSSR count). The van der Waals surface area contributed by atoms with Gasteiger partial charge in [0.15, 0.2) is 5.82 Å². The fourth-order valence-electron chi connectivity index (χ4n) is 1.51. The monoisotopic (exact) mass is 315 g/mol. The summed E-state index contributed by atoms with van der Waals surface area (Å²) in [5.74, 6) is -1.36. The summed E-state index contributed by atoms with van der Waals surface area (Å²) in [4.78, 5) is 11.9. The van der Waals surface area contributed by atoms with Crippen molar-refractivity contribution in [3.8, 4) is 6.01 Å². The average molecular weight is 316 g/mol. The van der Waals surface area contributed by atoms with Crippen molar-refractivity contribution in [3.63, 3.8) is 0 Å². The summed E-state index contributed by atoms with van der Waals surface area (Å²) in [6, 6.07) is 1.73. The van der Waals surface area contributed by atoms with Gasteiger partial charge >= 0.3 is 6.01 Å². The first-order valence-corrected chi connectivity index (χ1v) is 6.36. The van der Waals surface area contributed by atoms with E-state index >= 15 is 0 Å². The van der Waals surface area contributed by atoms with Crippen molar-refractivity contribution in [1.29, 1.82) is 0 Å². The molecule has 0 radical (unpaired) electrons. The van der Waals surface area contributed by atoms with Crippen molar-refractivity contribution in [3.05, 3.63) is 28.8 Å². The third-order valence-corrected chi connectivity index (χ3v) is 2.67. The van der Waals surface area contributed by atoms with E-state index in [-0.39, 0.29) is 28.6 Å². The molecule has 112 valence electrons. The third-order valence-electron chi connectivity index (χ3n) is 2.38. The van der Waals surface area contributed by atoms with Gasteiger partial charge in [-0.15, -0.1) is 0 Å². The van der Waals surface area contributed by atoms with Gasteiger partial charge in [-0.2, -0.15) is 15.0 Å². The Morgan fingerprint density at radius 2 is 1.90 bits per heavy atom. The Balaban J connectivity index is 2.37. The summed E-state index contributed by atoms with van der Waals surface area (Å²) < 4.78 is 31.7. The predicted molar refractivity (Wildman–Crippen MR) is 75.2 cm³/mol. The Bertz CT molecular complexity index is 633. The molecule has 0 saturated heterocycles. The normalized spacial score (nSPS) is 10.3. The Labute approximate surface area is 124 Å². The number of ether oxygens (including phenoxy) is 1. The van der Waals surface area contributed by atoms with E-state index in [0.29, 0.717) is 12.6 Å². The van der Waals surface area contributed by atoms with Crippen LogP contribution in [0.3, 0.4) is 0 Å². The number of hydrogen-bond donors (Lipinski definition) is 2. The molecule has 0 aliphatic carbocycles. The zero-order chi connectivity index (χ0) is 15.4. The standard InChI is InChI=1S/C12H12ClF2N5O/c1-3-16-10-18-11(20-12(19-10)21-2)17-9-7(13)4-6(14)5-8(9)15/h4-5H,3H2,1-2H3,(H2,16,17,18,19,20). The average Bonchev–Trinajstić information content (AvgIpc) is 2.43. The Kier molecular flexibility index (Phi) is 4.69. The lowest BCUT2D eigenvalue weighted by Gasteiger charge is -2.10. The van der Waals surface area contributed by atoms with E-state index in [2.05, 4.69) is 25.6 Å². The summed E-state index contributed by atoms with van der Waals surface area (Å²) in [5, 5.41) is 5.34. The molecule has 9 heteroatoms. The minimum Gasteiger partial charge on any atom is -0.467 e. The third kappa shape index (κ3) is 3.66. The summed E-state index contributed by atoms with van der Waals surface area (Å²) in [6.45, 7) is 2.44. The van der Waals surface area contributed by atoms with Crippen LogP contribution in [-0.4, -0.2) is 28.6 Å². The summed E-state index contributed by atoms with van der Waals surface area (Å²) >= 11 is 5.80. The molecule has 1 aromatic heterocycles. The van der Waals surface area contributed by atoms with Gasteiger partial charge < -0.3 is 15.4 Å². The maximum Gasteiger partial charge on any atom is 0.322 e. The number of benzene rings is 1. The van der Waals surface area contributed by atoms with E-state index in [1.807, 2.05) is 6.92 Å². The number of methoxy groups -OCH3 is 1. The highest BCUT2D eigenvalue weighted by Gasteiger charge is 2.13. The molecule has 2 N–H and O–H groups in total. The fraction of sp³-hybridized carbons (Fsp3) is 0.250. The van der Waals surface area contributed by atoms with Crippen LogP contribution >= 0.6 is 11.6 Å². The number of anilines is 3. The first-order chi connectivity index (χ1) is 10.0. The topological polar surface area (TPSA) is 72.0 Å². The van der Waals surface area contributed by atoms with Gasteiger partial charge in [0.1, 0.15) is 5.82 Å². The minimum atomic E-state index is -0.857. The van der Waals surface area contributed by atoms with Gasteiger partial charge in [-0.25, -0.2) is 8.78 Å². The van der Waals surface area contributed by atoms with Crippen molar-refractivity contribution in [2.45, 2.75) is 6.92 Å². The smallest absolute Gasteiger partial charge is 0.322 e. The van der Waals surface area contributed by atoms with E-state index in [0.717, 1.165) is 6.07 Å². The Morgan fingerprint density at radius 3 is 2.52 bits per heavy atom. The zero-order valence-corrected chi connectivity index (χ0v) is 12.0. The van der Waals surface area contributed by atoms with Crippen LogP contribution < -0.4 is 15.4 Å². The van der Waals surface area contributed by atoms with Crippen LogP contribution in [0.25, 0.3) is 0 Å². The number of halogens is 3. The van der Waals surface area contributed by atoms with Crippen molar-refractivity contribution in [2.75, 3.05) is 24.3 Å². The Hall–Kier alpha value is -2.22. The van der Waals surface area contributed by atoms with Gasteiger partial charge in [0.2, 0.25) is 11.9 Å². The van der Waals surface area contributed by atoms with Crippen LogP contribution in [0.5, 0.6) is 6.01 Å². The molecule has 6 nitrogen and oxygen atoms in total. The molecule has 0 amide bonds. The molecular formula is C12H12ClF2N5O. The number of rotatable bonds is 5. The highest BCUT2D eigenvalue weighted by Crippen LogP contribution is 2.28. The van der Waals surface area contributed by atoms with Gasteiger partial charge in [-0.3, -0.25) is 0 Å². The fourth-order valence-corrected chi connectivity index (χ4v) is 1.76. The SMILES string of the molecule is CCNc1nc(Nc2c(F)cc(F)cc2Cl)nc(OC)n1. The van der Waals surface area contributed by atoms with Crippen LogP contribution in [-0.2, 0) is 0 Å². The predicted octanol–water partition coefficient (Wildman–Crippen LogP) is 2.99. The van der Waals surface area contributed by atoms with Crippen LogP contribution in [0, 0.1) is 11.6 Å². The second-order valence-corrected chi connectivity index (χ2v) is 4.28. The van der Waals surface area contributed by atoms with Crippen LogP contribution in [0.1, 0.15) is 6.92 Å². The first kappa shape index (κ1) is 15.2. The molecular weight excluding hydrogens is 304 g/mol. The van der Waals surface area contributed by atoms with E-state index < -0.39 is 11.6 Å². The molecule has 1 heterocycles. The van der Waals surface area contributed by atoms with Gasteiger partial charge in [-0.1, -0.05) is 11.6 Å². The van der Waals surface area contributed by atoms with Crippen LogP contribution in [0.4, 0.5) is 26.4 Å². The molecule has 0 saturated carbocycles. The van der Waals surface area contributed by atoms with Crippen molar-refractivity contribution < 1.29 is 13.5 Å². The van der Waals surface area contributed by atoms with Crippen molar-refractivity contribution >= 4 is 29.2 Å². The molecule has 0 aliphatic rings. The second-order valence-electron chi connectivity index (χ2n) is 3.87.